The average Bonchev–Trinajstić information content (AvgIpc) is 2.77. The van der Waals surface area contributed by atoms with Crippen LogP contribution in [0, 0.1) is 0 Å². The minimum absolute atomic E-state index is 0.185. The van der Waals surface area contributed by atoms with Crippen LogP contribution < -0.4 is 0 Å². The fraction of sp³-hybridized carbons (Fsp3) is 0.308. The van der Waals surface area contributed by atoms with Gasteiger partial charge in [0.15, 0.2) is 0 Å². The Bertz CT molecular complexity index is 541. The molecule has 5 heteroatoms. The normalized spacial score (nSPS) is 12.1. The van der Waals surface area contributed by atoms with Gasteiger partial charge in [-0.3, -0.25) is 4.68 Å². The van der Waals surface area contributed by atoms with Crippen LogP contribution in [0.25, 0.3) is 11.3 Å². The summed E-state index contributed by atoms with van der Waals surface area (Å²) in [5.74, 6) is 0. The van der Waals surface area contributed by atoms with Gasteiger partial charge in [0.05, 0.1) is 11.3 Å². The second kappa shape index (κ2) is 4.48. The van der Waals surface area contributed by atoms with Crippen LogP contribution in [0.2, 0.25) is 0 Å². The Kier molecular flexibility index (Phi) is 3.15. The molecule has 0 aliphatic rings. The molecule has 0 saturated carbocycles. The summed E-state index contributed by atoms with van der Waals surface area (Å²) in [5.41, 5.74) is 0.373. The number of alkyl halides is 3. The number of aromatic nitrogens is 2. The summed E-state index contributed by atoms with van der Waals surface area (Å²) in [7, 11) is 0. The SMILES string of the molecule is CC(C)n1ccc(-c2cccc(C(F)(F)F)c2)n1. The fourth-order valence-electron chi connectivity index (χ4n) is 1.63. The summed E-state index contributed by atoms with van der Waals surface area (Å²) in [6, 6.07) is 7.10. The summed E-state index contributed by atoms with van der Waals surface area (Å²) in [6.45, 7) is 3.92. The van der Waals surface area contributed by atoms with Crippen molar-refractivity contribution in [3.8, 4) is 11.3 Å². The highest BCUT2D eigenvalue weighted by Crippen LogP contribution is 2.31. The molecular formula is C13H13F3N2. The molecule has 0 unspecified atom stereocenters. The lowest BCUT2D eigenvalue weighted by Crippen LogP contribution is -2.04. The maximum Gasteiger partial charge on any atom is 0.416 e. The zero-order chi connectivity index (χ0) is 13.3. The molecule has 2 rings (SSSR count). The van der Waals surface area contributed by atoms with Gasteiger partial charge in [0.2, 0.25) is 0 Å². The second-order valence-electron chi connectivity index (χ2n) is 4.35. The van der Waals surface area contributed by atoms with E-state index >= 15 is 0 Å². The van der Waals surface area contributed by atoms with E-state index in [-0.39, 0.29) is 6.04 Å². The van der Waals surface area contributed by atoms with Gasteiger partial charge < -0.3 is 0 Å². The van der Waals surface area contributed by atoms with E-state index in [1.165, 1.54) is 6.07 Å². The topological polar surface area (TPSA) is 17.8 Å². The van der Waals surface area contributed by atoms with Crippen molar-refractivity contribution >= 4 is 0 Å². The third-order valence-electron chi connectivity index (χ3n) is 2.62. The Morgan fingerprint density at radius 1 is 1.17 bits per heavy atom. The third kappa shape index (κ3) is 2.55. The predicted molar refractivity (Wildman–Crippen MR) is 63.1 cm³/mol. The van der Waals surface area contributed by atoms with Gasteiger partial charge in [0.1, 0.15) is 0 Å². The summed E-state index contributed by atoms with van der Waals surface area (Å²) in [5, 5.41) is 4.25. The summed E-state index contributed by atoms with van der Waals surface area (Å²) < 4.78 is 39.5. The van der Waals surface area contributed by atoms with Crippen molar-refractivity contribution < 1.29 is 13.2 Å². The molecule has 96 valence electrons. The minimum Gasteiger partial charge on any atom is -0.270 e. The molecule has 0 atom stereocenters. The highest BCUT2D eigenvalue weighted by Gasteiger charge is 2.30. The molecule has 0 radical (unpaired) electrons. The van der Waals surface area contributed by atoms with E-state index in [0.29, 0.717) is 11.3 Å². The molecule has 1 aromatic heterocycles. The minimum atomic E-state index is -4.32. The molecule has 2 nitrogen and oxygen atoms in total. The van der Waals surface area contributed by atoms with E-state index in [1.807, 2.05) is 13.8 Å². The monoisotopic (exact) mass is 254 g/mol. The van der Waals surface area contributed by atoms with Crippen molar-refractivity contribution in [1.82, 2.24) is 9.78 Å². The molecule has 2 aromatic rings. The summed E-state index contributed by atoms with van der Waals surface area (Å²) in [6.07, 6.45) is -2.56. The van der Waals surface area contributed by atoms with E-state index in [4.69, 9.17) is 0 Å². The Labute approximate surface area is 103 Å². The zero-order valence-electron chi connectivity index (χ0n) is 10.1. The molecule has 0 aliphatic carbocycles. The maximum absolute atomic E-state index is 12.6. The number of benzene rings is 1. The van der Waals surface area contributed by atoms with Crippen LogP contribution in [-0.2, 0) is 6.18 Å². The van der Waals surface area contributed by atoms with Crippen LogP contribution in [0.15, 0.2) is 36.5 Å². The summed E-state index contributed by atoms with van der Waals surface area (Å²) >= 11 is 0. The van der Waals surface area contributed by atoms with Gasteiger partial charge in [-0.1, -0.05) is 12.1 Å². The zero-order valence-corrected chi connectivity index (χ0v) is 10.1. The van der Waals surface area contributed by atoms with Gasteiger partial charge in [0.25, 0.3) is 0 Å². The molecular weight excluding hydrogens is 241 g/mol. The van der Waals surface area contributed by atoms with Gasteiger partial charge in [-0.2, -0.15) is 18.3 Å². The van der Waals surface area contributed by atoms with E-state index in [9.17, 15) is 13.2 Å². The van der Waals surface area contributed by atoms with Crippen LogP contribution in [0.3, 0.4) is 0 Å². The van der Waals surface area contributed by atoms with Crippen LogP contribution in [-0.4, -0.2) is 9.78 Å². The molecule has 1 heterocycles. The van der Waals surface area contributed by atoms with Gasteiger partial charge in [0, 0.05) is 17.8 Å². The highest BCUT2D eigenvalue weighted by atomic mass is 19.4. The summed E-state index contributed by atoms with van der Waals surface area (Å²) in [4.78, 5) is 0. The van der Waals surface area contributed by atoms with E-state index in [2.05, 4.69) is 5.10 Å². The fourth-order valence-corrected chi connectivity index (χ4v) is 1.63. The first-order chi connectivity index (χ1) is 8.38. The lowest BCUT2D eigenvalue weighted by Gasteiger charge is -2.07. The molecule has 0 saturated heterocycles. The average molecular weight is 254 g/mol. The highest BCUT2D eigenvalue weighted by molar-refractivity contribution is 5.59. The van der Waals surface area contributed by atoms with Crippen molar-refractivity contribution in [3.63, 3.8) is 0 Å². The molecule has 0 amide bonds. The van der Waals surface area contributed by atoms with Crippen molar-refractivity contribution in [2.75, 3.05) is 0 Å². The molecule has 1 aromatic carbocycles. The van der Waals surface area contributed by atoms with E-state index < -0.39 is 11.7 Å². The van der Waals surface area contributed by atoms with Crippen molar-refractivity contribution in [1.29, 1.82) is 0 Å². The Morgan fingerprint density at radius 2 is 1.89 bits per heavy atom. The third-order valence-corrected chi connectivity index (χ3v) is 2.62. The van der Waals surface area contributed by atoms with Crippen LogP contribution in [0.4, 0.5) is 13.2 Å². The first kappa shape index (κ1) is 12.7. The second-order valence-corrected chi connectivity index (χ2v) is 4.35. The quantitative estimate of drug-likeness (QED) is 0.787. The van der Waals surface area contributed by atoms with Gasteiger partial charge in [-0.25, -0.2) is 0 Å². The number of halogens is 3. The van der Waals surface area contributed by atoms with Crippen molar-refractivity contribution in [3.05, 3.63) is 42.1 Å². The van der Waals surface area contributed by atoms with Crippen molar-refractivity contribution in [2.45, 2.75) is 26.1 Å². The molecule has 0 N–H and O–H groups in total. The maximum atomic E-state index is 12.6. The van der Waals surface area contributed by atoms with Gasteiger partial charge in [-0.15, -0.1) is 0 Å². The lowest BCUT2D eigenvalue weighted by molar-refractivity contribution is -0.137. The first-order valence-corrected chi connectivity index (χ1v) is 5.61. The smallest absolute Gasteiger partial charge is 0.270 e. The number of hydrogen-bond acceptors (Lipinski definition) is 1. The first-order valence-electron chi connectivity index (χ1n) is 5.61. The van der Waals surface area contributed by atoms with Gasteiger partial charge >= 0.3 is 6.18 Å². The number of rotatable bonds is 2. The number of hydrogen-bond donors (Lipinski definition) is 0. The Morgan fingerprint density at radius 3 is 2.44 bits per heavy atom. The van der Waals surface area contributed by atoms with Crippen molar-refractivity contribution in [2.24, 2.45) is 0 Å². The Hall–Kier alpha value is -1.78. The molecule has 18 heavy (non-hydrogen) atoms. The molecule has 0 aliphatic heterocycles. The lowest BCUT2D eigenvalue weighted by atomic mass is 10.1. The number of nitrogens with zero attached hydrogens (tertiary/aromatic N) is 2. The van der Waals surface area contributed by atoms with E-state index in [1.54, 1.807) is 23.0 Å². The predicted octanol–water partition coefficient (Wildman–Crippen LogP) is 4.15. The molecule has 0 spiro atoms. The van der Waals surface area contributed by atoms with Crippen LogP contribution in [0.5, 0.6) is 0 Å². The van der Waals surface area contributed by atoms with Crippen LogP contribution >= 0.6 is 0 Å². The standard InChI is InChI=1S/C13H13F3N2/c1-9(2)18-7-6-12(17-18)10-4-3-5-11(8-10)13(14,15)16/h3-9H,1-2H3. The molecule has 0 bridgehead atoms. The Balaban J connectivity index is 2.38. The van der Waals surface area contributed by atoms with Gasteiger partial charge in [-0.05, 0) is 32.0 Å². The van der Waals surface area contributed by atoms with E-state index in [0.717, 1.165) is 12.1 Å². The molecule has 0 fully saturated rings. The largest absolute Gasteiger partial charge is 0.416 e. The van der Waals surface area contributed by atoms with Crippen LogP contribution in [0.1, 0.15) is 25.5 Å².